The number of carbonyl (C=O) groups is 2. The van der Waals surface area contributed by atoms with Crippen LogP contribution >= 0.6 is 0 Å². The van der Waals surface area contributed by atoms with E-state index < -0.39 is 5.97 Å². The summed E-state index contributed by atoms with van der Waals surface area (Å²) in [5.74, 6) is -0.0120. The van der Waals surface area contributed by atoms with Crippen LogP contribution in [0.15, 0.2) is 10.6 Å². The van der Waals surface area contributed by atoms with Gasteiger partial charge in [0.2, 0.25) is 5.91 Å². The van der Waals surface area contributed by atoms with E-state index in [2.05, 4.69) is 25.5 Å². The molecule has 1 amide bonds. The number of amides is 1. The van der Waals surface area contributed by atoms with E-state index in [-0.39, 0.29) is 18.1 Å². The zero-order valence-corrected chi connectivity index (χ0v) is 11.9. The SMILES string of the molecule is CCc1c(C(=O)OC)nnn1CC(=O)Nc1cc(C)on1. The molecule has 1 N–H and O–H groups in total. The number of ether oxygens (including phenoxy) is 1. The maximum atomic E-state index is 11.9. The van der Waals surface area contributed by atoms with Gasteiger partial charge in [-0.2, -0.15) is 0 Å². The second-order valence-electron chi connectivity index (χ2n) is 4.26. The summed E-state index contributed by atoms with van der Waals surface area (Å²) < 4.78 is 10.8. The van der Waals surface area contributed by atoms with Gasteiger partial charge in [-0.15, -0.1) is 5.10 Å². The van der Waals surface area contributed by atoms with Crippen molar-refractivity contribution < 1.29 is 18.8 Å². The van der Waals surface area contributed by atoms with Crippen molar-refractivity contribution in [2.75, 3.05) is 12.4 Å². The van der Waals surface area contributed by atoms with Crippen molar-refractivity contribution in [3.63, 3.8) is 0 Å². The van der Waals surface area contributed by atoms with Gasteiger partial charge < -0.3 is 14.6 Å². The number of hydrogen-bond acceptors (Lipinski definition) is 7. The summed E-state index contributed by atoms with van der Waals surface area (Å²) in [6.45, 7) is 3.47. The lowest BCUT2D eigenvalue weighted by molar-refractivity contribution is -0.117. The highest BCUT2D eigenvalue weighted by Crippen LogP contribution is 2.10. The van der Waals surface area contributed by atoms with Crippen LogP contribution < -0.4 is 5.32 Å². The molecule has 2 heterocycles. The molecule has 0 aliphatic heterocycles. The molecule has 0 spiro atoms. The topological polar surface area (TPSA) is 112 Å². The highest BCUT2D eigenvalue weighted by Gasteiger charge is 2.20. The molecule has 2 aromatic rings. The highest BCUT2D eigenvalue weighted by atomic mass is 16.5. The first-order chi connectivity index (χ1) is 10.0. The van der Waals surface area contributed by atoms with E-state index in [4.69, 9.17) is 4.52 Å². The fourth-order valence-corrected chi connectivity index (χ4v) is 1.81. The Bertz CT molecular complexity index is 660. The molecule has 0 fully saturated rings. The standard InChI is InChI=1S/C12H15N5O4/c1-4-8-11(12(19)20-3)14-16-17(8)6-10(18)13-9-5-7(2)21-15-9/h5H,4,6H2,1-3H3,(H,13,15,18). The number of hydrogen-bond donors (Lipinski definition) is 1. The van der Waals surface area contributed by atoms with Gasteiger partial charge in [-0.1, -0.05) is 17.3 Å². The van der Waals surface area contributed by atoms with Crippen molar-refractivity contribution >= 4 is 17.7 Å². The lowest BCUT2D eigenvalue weighted by Crippen LogP contribution is -2.21. The van der Waals surface area contributed by atoms with E-state index in [0.29, 0.717) is 23.7 Å². The van der Waals surface area contributed by atoms with Crippen LogP contribution in [0.5, 0.6) is 0 Å². The zero-order valence-electron chi connectivity index (χ0n) is 11.9. The number of methoxy groups -OCH3 is 1. The molecule has 0 unspecified atom stereocenters. The zero-order chi connectivity index (χ0) is 15.4. The normalized spacial score (nSPS) is 10.4. The Morgan fingerprint density at radius 1 is 1.48 bits per heavy atom. The molecule has 0 atom stereocenters. The molecule has 0 saturated carbocycles. The molecule has 9 nitrogen and oxygen atoms in total. The molecule has 0 radical (unpaired) electrons. The summed E-state index contributed by atoms with van der Waals surface area (Å²) in [5.41, 5.74) is 0.651. The third-order valence-corrected chi connectivity index (χ3v) is 2.74. The van der Waals surface area contributed by atoms with Crippen molar-refractivity contribution in [2.45, 2.75) is 26.8 Å². The molecule has 0 bridgehead atoms. The Labute approximate surface area is 120 Å². The molecule has 0 aromatic carbocycles. The molecule has 2 rings (SSSR count). The fraction of sp³-hybridized carbons (Fsp3) is 0.417. The molecule has 9 heteroatoms. The Hall–Kier alpha value is -2.71. The molecule has 112 valence electrons. The summed E-state index contributed by atoms with van der Waals surface area (Å²) in [7, 11) is 1.26. The van der Waals surface area contributed by atoms with E-state index in [9.17, 15) is 9.59 Å². The number of esters is 1. The minimum absolute atomic E-state index is 0.0843. The van der Waals surface area contributed by atoms with Gasteiger partial charge in [0.25, 0.3) is 0 Å². The van der Waals surface area contributed by atoms with Gasteiger partial charge in [-0.3, -0.25) is 4.79 Å². The minimum atomic E-state index is -0.578. The second kappa shape index (κ2) is 6.16. The Kier molecular flexibility index (Phi) is 4.31. The quantitative estimate of drug-likeness (QED) is 0.801. The lowest BCUT2D eigenvalue weighted by atomic mass is 10.2. The van der Waals surface area contributed by atoms with Crippen molar-refractivity contribution in [1.82, 2.24) is 20.2 Å². The molecule has 21 heavy (non-hydrogen) atoms. The first-order valence-corrected chi connectivity index (χ1v) is 6.29. The van der Waals surface area contributed by atoms with E-state index in [1.54, 1.807) is 13.0 Å². The summed E-state index contributed by atoms with van der Waals surface area (Å²) >= 11 is 0. The van der Waals surface area contributed by atoms with E-state index in [1.807, 2.05) is 6.92 Å². The van der Waals surface area contributed by atoms with E-state index in [1.165, 1.54) is 11.8 Å². The van der Waals surface area contributed by atoms with E-state index in [0.717, 1.165) is 0 Å². The van der Waals surface area contributed by atoms with Crippen LogP contribution in [0.2, 0.25) is 0 Å². The Balaban J connectivity index is 2.10. The molecule has 2 aromatic heterocycles. The largest absolute Gasteiger partial charge is 0.464 e. The van der Waals surface area contributed by atoms with Crippen molar-refractivity contribution in [3.05, 3.63) is 23.2 Å². The van der Waals surface area contributed by atoms with Crippen LogP contribution in [0.3, 0.4) is 0 Å². The third-order valence-electron chi connectivity index (χ3n) is 2.74. The Morgan fingerprint density at radius 2 is 2.24 bits per heavy atom. The first kappa shape index (κ1) is 14.7. The van der Waals surface area contributed by atoms with Gasteiger partial charge in [0.05, 0.1) is 12.8 Å². The number of rotatable bonds is 5. The molecule has 0 aliphatic carbocycles. The summed E-state index contributed by atoms with van der Waals surface area (Å²) in [5, 5.41) is 13.8. The van der Waals surface area contributed by atoms with Crippen molar-refractivity contribution in [1.29, 1.82) is 0 Å². The number of nitrogens with zero attached hydrogens (tertiary/aromatic N) is 4. The molecular formula is C12H15N5O4. The summed E-state index contributed by atoms with van der Waals surface area (Å²) in [6.07, 6.45) is 0.494. The number of carbonyl (C=O) groups excluding carboxylic acids is 2. The highest BCUT2D eigenvalue weighted by molar-refractivity contribution is 5.90. The lowest BCUT2D eigenvalue weighted by Gasteiger charge is -2.05. The Morgan fingerprint density at radius 3 is 2.81 bits per heavy atom. The van der Waals surface area contributed by atoms with Crippen molar-refractivity contribution in [2.24, 2.45) is 0 Å². The smallest absolute Gasteiger partial charge is 0.360 e. The van der Waals surface area contributed by atoms with Crippen LogP contribution in [-0.2, 0) is 22.5 Å². The minimum Gasteiger partial charge on any atom is -0.464 e. The molecule has 0 saturated heterocycles. The van der Waals surface area contributed by atoms with Crippen LogP contribution in [-0.4, -0.2) is 39.1 Å². The average Bonchev–Trinajstić information content (AvgIpc) is 3.04. The predicted octanol–water partition coefficient (Wildman–Crippen LogP) is 0.562. The first-order valence-electron chi connectivity index (χ1n) is 6.29. The monoisotopic (exact) mass is 293 g/mol. The number of aromatic nitrogens is 4. The van der Waals surface area contributed by atoms with Gasteiger partial charge in [0.15, 0.2) is 11.5 Å². The molecular weight excluding hydrogens is 278 g/mol. The van der Waals surface area contributed by atoms with Gasteiger partial charge in [0.1, 0.15) is 12.3 Å². The maximum Gasteiger partial charge on any atom is 0.360 e. The summed E-state index contributed by atoms with van der Waals surface area (Å²) in [4.78, 5) is 23.4. The number of aryl methyl sites for hydroxylation is 1. The predicted molar refractivity (Wildman–Crippen MR) is 70.6 cm³/mol. The molecule has 0 aliphatic rings. The average molecular weight is 293 g/mol. The van der Waals surface area contributed by atoms with Crippen LogP contribution in [0.25, 0.3) is 0 Å². The second-order valence-corrected chi connectivity index (χ2v) is 4.26. The van der Waals surface area contributed by atoms with E-state index >= 15 is 0 Å². The van der Waals surface area contributed by atoms with Crippen LogP contribution in [0.1, 0.15) is 28.9 Å². The van der Waals surface area contributed by atoms with Gasteiger partial charge >= 0.3 is 5.97 Å². The maximum absolute atomic E-state index is 11.9. The van der Waals surface area contributed by atoms with Gasteiger partial charge in [-0.05, 0) is 13.3 Å². The van der Waals surface area contributed by atoms with Crippen molar-refractivity contribution in [3.8, 4) is 0 Å². The fourth-order valence-electron chi connectivity index (χ4n) is 1.81. The number of nitrogens with one attached hydrogen (secondary N) is 1. The van der Waals surface area contributed by atoms with Gasteiger partial charge in [0, 0.05) is 6.07 Å². The number of anilines is 1. The third kappa shape index (κ3) is 3.25. The van der Waals surface area contributed by atoms with Gasteiger partial charge in [-0.25, -0.2) is 9.48 Å². The van der Waals surface area contributed by atoms with Crippen LogP contribution in [0.4, 0.5) is 5.82 Å². The summed E-state index contributed by atoms with van der Waals surface area (Å²) in [6, 6.07) is 1.60. The van der Waals surface area contributed by atoms with Crippen LogP contribution in [0, 0.1) is 6.92 Å².